The molecular weight excluding hydrogens is 296 g/mol. The fourth-order valence-electron chi connectivity index (χ4n) is 2.75. The van der Waals surface area contributed by atoms with Crippen LogP contribution in [-0.4, -0.2) is 41.4 Å². The predicted molar refractivity (Wildman–Crippen MR) is 88.4 cm³/mol. The molecule has 2 aromatic heterocycles. The summed E-state index contributed by atoms with van der Waals surface area (Å²) in [4.78, 5) is 25.6. The average Bonchev–Trinajstić information content (AvgIpc) is 3.15. The molecule has 116 valence electrons. The van der Waals surface area contributed by atoms with Gasteiger partial charge in [-0.05, 0) is 31.9 Å². The molecule has 0 bridgehead atoms. The molecule has 3 heterocycles. The summed E-state index contributed by atoms with van der Waals surface area (Å²) in [5, 5.41) is 3.10. The second kappa shape index (κ2) is 6.04. The van der Waals surface area contributed by atoms with Gasteiger partial charge in [-0.25, -0.2) is 9.97 Å². The van der Waals surface area contributed by atoms with Crippen LogP contribution in [0, 0.1) is 6.92 Å². The maximum absolute atomic E-state index is 12.9. The molecule has 0 N–H and O–H groups in total. The van der Waals surface area contributed by atoms with Crippen LogP contribution < -0.4 is 4.90 Å². The Morgan fingerprint density at radius 1 is 1.45 bits per heavy atom. The van der Waals surface area contributed by atoms with Crippen LogP contribution in [0.2, 0.25) is 0 Å². The molecule has 1 fully saturated rings. The van der Waals surface area contributed by atoms with E-state index >= 15 is 0 Å². The molecule has 0 saturated carbocycles. The Morgan fingerprint density at radius 2 is 2.27 bits per heavy atom. The number of amides is 1. The molecule has 0 aromatic carbocycles. The lowest BCUT2D eigenvalue weighted by Crippen LogP contribution is -2.30. The number of pyridine rings is 1. The van der Waals surface area contributed by atoms with Crippen molar-refractivity contribution in [2.45, 2.75) is 25.8 Å². The summed E-state index contributed by atoms with van der Waals surface area (Å²) in [6.45, 7) is 2.79. The smallest absolute Gasteiger partial charge is 0.254 e. The van der Waals surface area contributed by atoms with Crippen molar-refractivity contribution in [2.75, 3.05) is 25.5 Å². The zero-order chi connectivity index (χ0) is 15.7. The second-order valence-corrected chi connectivity index (χ2v) is 6.67. The number of thiazole rings is 1. The van der Waals surface area contributed by atoms with E-state index < -0.39 is 0 Å². The van der Waals surface area contributed by atoms with E-state index in [9.17, 15) is 4.79 Å². The quantitative estimate of drug-likeness (QED) is 0.873. The molecule has 2 aromatic rings. The number of nitrogens with zero attached hydrogens (tertiary/aromatic N) is 4. The molecule has 0 spiro atoms. The third kappa shape index (κ3) is 2.83. The first kappa shape index (κ1) is 15.0. The van der Waals surface area contributed by atoms with Gasteiger partial charge in [-0.1, -0.05) is 0 Å². The highest BCUT2D eigenvalue weighted by Crippen LogP contribution is 2.34. The van der Waals surface area contributed by atoms with Crippen molar-refractivity contribution in [3.8, 4) is 0 Å². The number of anilines is 1. The van der Waals surface area contributed by atoms with Crippen molar-refractivity contribution < 1.29 is 4.79 Å². The van der Waals surface area contributed by atoms with Crippen LogP contribution in [0.1, 0.15) is 39.9 Å². The van der Waals surface area contributed by atoms with Gasteiger partial charge in [0.2, 0.25) is 0 Å². The topological polar surface area (TPSA) is 49.3 Å². The van der Waals surface area contributed by atoms with Crippen molar-refractivity contribution >= 4 is 23.1 Å². The number of likely N-dealkylation sites (tertiary alicyclic amines) is 1. The maximum atomic E-state index is 12.9. The Morgan fingerprint density at radius 3 is 2.95 bits per heavy atom. The molecule has 6 heteroatoms. The number of hydrogen-bond donors (Lipinski definition) is 0. The van der Waals surface area contributed by atoms with Crippen LogP contribution in [0.15, 0.2) is 23.7 Å². The van der Waals surface area contributed by atoms with Gasteiger partial charge in [0.25, 0.3) is 5.91 Å². The molecule has 1 aliphatic rings. The zero-order valence-corrected chi connectivity index (χ0v) is 13.9. The number of hydrogen-bond acceptors (Lipinski definition) is 5. The molecule has 22 heavy (non-hydrogen) atoms. The van der Waals surface area contributed by atoms with Crippen LogP contribution in [0.25, 0.3) is 0 Å². The Bertz CT molecular complexity index is 682. The van der Waals surface area contributed by atoms with E-state index in [0.717, 1.165) is 35.9 Å². The van der Waals surface area contributed by atoms with Gasteiger partial charge in [0.05, 0.1) is 6.04 Å². The molecule has 0 unspecified atom stereocenters. The molecule has 1 atom stereocenters. The Labute approximate surface area is 134 Å². The minimum absolute atomic E-state index is 0.0702. The fourth-order valence-corrected chi connectivity index (χ4v) is 3.70. The Balaban J connectivity index is 1.86. The van der Waals surface area contributed by atoms with E-state index in [1.165, 1.54) is 0 Å². The zero-order valence-electron chi connectivity index (χ0n) is 13.1. The largest absolute Gasteiger partial charge is 0.363 e. The number of rotatable bonds is 3. The second-order valence-electron chi connectivity index (χ2n) is 5.78. The fraction of sp³-hybridized carbons (Fsp3) is 0.438. The number of carbonyl (C=O) groups is 1. The normalized spacial score (nSPS) is 17.8. The highest BCUT2D eigenvalue weighted by molar-refractivity contribution is 7.09. The van der Waals surface area contributed by atoms with Crippen LogP contribution in [0.4, 0.5) is 5.82 Å². The maximum Gasteiger partial charge on any atom is 0.254 e. The van der Waals surface area contributed by atoms with Gasteiger partial charge in [-0.15, -0.1) is 11.3 Å². The molecule has 3 rings (SSSR count). The summed E-state index contributed by atoms with van der Waals surface area (Å²) < 4.78 is 0. The van der Waals surface area contributed by atoms with Gasteiger partial charge in [-0.2, -0.15) is 0 Å². The van der Waals surface area contributed by atoms with Gasteiger partial charge >= 0.3 is 0 Å². The van der Waals surface area contributed by atoms with E-state index in [1.807, 2.05) is 42.3 Å². The predicted octanol–water partition coefficient (Wildman–Crippen LogP) is 2.89. The third-order valence-electron chi connectivity index (χ3n) is 3.89. The Kier molecular flexibility index (Phi) is 4.11. The van der Waals surface area contributed by atoms with Gasteiger partial charge in [0, 0.05) is 43.5 Å². The van der Waals surface area contributed by atoms with Gasteiger partial charge < -0.3 is 9.80 Å². The first-order chi connectivity index (χ1) is 10.6. The number of carbonyl (C=O) groups excluding carboxylic acids is 1. The Hall–Kier alpha value is -1.95. The van der Waals surface area contributed by atoms with Crippen molar-refractivity contribution in [3.05, 3.63) is 40.0 Å². The van der Waals surface area contributed by atoms with Crippen molar-refractivity contribution in [3.63, 3.8) is 0 Å². The van der Waals surface area contributed by atoms with Crippen LogP contribution in [-0.2, 0) is 0 Å². The number of aryl methyl sites for hydroxylation is 1. The van der Waals surface area contributed by atoms with Gasteiger partial charge in [0.1, 0.15) is 10.8 Å². The lowest BCUT2D eigenvalue weighted by molar-refractivity contribution is 0.0735. The van der Waals surface area contributed by atoms with Crippen LogP contribution in [0.3, 0.4) is 0 Å². The van der Waals surface area contributed by atoms with E-state index in [4.69, 9.17) is 0 Å². The van der Waals surface area contributed by atoms with Crippen molar-refractivity contribution in [1.82, 2.24) is 14.9 Å². The average molecular weight is 316 g/mol. The van der Waals surface area contributed by atoms with E-state index in [-0.39, 0.29) is 11.9 Å². The van der Waals surface area contributed by atoms with Gasteiger partial charge in [-0.3, -0.25) is 4.79 Å². The monoisotopic (exact) mass is 316 g/mol. The van der Waals surface area contributed by atoms with Crippen LogP contribution in [0.5, 0.6) is 0 Å². The highest BCUT2D eigenvalue weighted by atomic mass is 32.1. The molecular formula is C16H20N4OS. The number of aromatic nitrogens is 2. The first-order valence-corrected chi connectivity index (χ1v) is 8.30. The summed E-state index contributed by atoms with van der Waals surface area (Å²) in [5.74, 6) is 0.868. The molecule has 5 nitrogen and oxygen atoms in total. The lowest BCUT2D eigenvalue weighted by Gasteiger charge is -2.23. The summed E-state index contributed by atoms with van der Waals surface area (Å²) in [5.41, 5.74) is 1.72. The van der Waals surface area contributed by atoms with E-state index in [2.05, 4.69) is 9.97 Å². The van der Waals surface area contributed by atoms with Gasteiger partial charge in [0.15, 0.2) is 0 Å². The standard InChI is InChI=1S/C16H20N4OS/c1-11-10-22-15(18-11)13-5-4-8-20(13)16(21)12-6-7-17-14(9-12)19(2)3/h6-7,9-10,13H,4-5,8H2,1-3H3/t13-/m1/s1. The molecule has 0 aliphatic carbocycles. The minimum atomic E-state index is 0.0702. The summed E-state index contributed by atoms with van der Waals surface area (Å²) >= 11 is 1.65. The van der Waals surface area contributed by atoms with Crippen molar-refractivity contribution in [1.29, 1.82) is 0 Å². The minimum Gasteiger partial charge on any atom is -0.363 e. The van der Waals surface area contributed by atoms with Crippen molar-refractivity contribution in [2.24, 2.45) is 0 Å². The summed E-state index contributed by atoms with van der Waals surface area (Å²) in [7, 11) is 3.85. The van der Waals surface area contributed by atoms with E-state index in [1.54, 1.807) is 23.6 Å². The third-order valence-corrected chi connectivity index (χ3v) is 4.95. The highest BCUT2D eigenvalue weighted by Gasteiger charge is 2.32. The first-order valence-electron chi connectivity index (χ1n) is 7.42. The summed E-state index contributed by atoms with van der Waals surface area (Å²) in [6, 6.07) is 3.75. The molecule has 1 amide bonds. The van der Waals surface area contributed by atoms with E-state index in [0.29, 0.717) is 5.56 Å². The molecule has 1 aliphatic heterocycles. The lowest BCUT2D eigenvalue weighted by atomic mass is 10.2. The molecule has 0 radical (unpaired) electrons. The van der Waals surface area contributed by atoms with Crippen LogP contribution >= 0.6 is 11.3 Å². The SMILES string of the molecule is Cc1csc([C@H]2CCCN2C(=O)c2ccnc(N(C)C)c2)n1. The molecule has 1 saturated heterocycles. The summed E-state index contributed by atoms with van der Waals surface area (Å²) in [6.07, 6.45) is 3.71.